The Bertz CT molecular complexity index is 1230. The monoisotopic (exact) mass is 607 g/mol. The third-order valence-corrected chi connectivity index (χ3v) is 8.72. The van der Waals surface area contributed by atoms with Gasteiger partial charge in [-0.1, -0.05) is 60.7 Å². The highest BCUT2D eigenvalue weighted by atomic mass is 16.7. The molecule has 238 valence electrons. The molecule has 2 aromatic rings. The highest BCUT2D eigenvalue weighted by Gasteiger charge is 2.54. The number of carbonyl (C=O) groups is 3. The molecule has 2 saturated heterocycles. The largest absolute Gasteiger partial charge is 0.481 e. The Balaban J connectivity index is 1.46. The fourth-order valence-corrected chi connectivity index (χ4v) is 5.52. The lowest BCUT2D eigenvalue weighted by atomic mass is 9.75. The average Bonchev–Trinajstić information content (AvgIpc) is 3.57. The molecule has 10 nitrogen and oxygen atoms in total. The molecule has 2 fully saturated rings. The van der Waals surface area contributed by atoms with Crippen LogP contribution in [0, 0.1) is 0 Å². The lowest BCUT2D eigenvalue weighted by Crippen LogP contribution is -2.57. The van der Waals surface area contributed by atoms with Gasteiger partial charge in [-0.05, 0) is 64.5 Å². The van der Waals surface area contributed by atoms with Gasteiger partial charge in [0.05, 0.1) is 17.1 Å². The van der Waals surface area contributed by atoms with Crippen molar-refractivity contribution in [3.63, 3.8) is 0 Å². The zero-order chi connectivity index (χ0) is 31.7. The number of hydrogen-bond donors (Lipinski definition) is 2. The second-order valence-corrected chi connectivity index (χ2v) is 12.5. The Labute approximate surface area is 261 Å². The summed E-state index contributed by atoms with van der Waals surface area (Å²) in [6.07, 6.45) is 2.05. The number of alkyl carbamates (subject to hydrolysis) is 1. The van der Waals surface area contributed by atoms with Crippen molar-refractivity contribution in [3.8, 4) is 0 Å². The Morgan fingerprint density at radius 3 is 2.18 bits per heavy atom. The van der Waals surface area contributed by atoms with Gasteiger partial charge in [-0.3, -0.25) is 9.59 Å². The van der Waals surface area contributed by atoms with E-state index in [2.05, 4.69) is 10.6 Å². The predicted octanol–water partition coefficient (Wildman–Crippen LogP) is 4.06. The average molecular weight is 608 g/mol. The van der Waals surface area contributed by atoms with Crippen LogP contribution in [0.1, 0.15) is 64.5 Å². The highest BCUT2D eigenvalue weighted by molar-refractivity contribution is 6.48. The number of rotatable bonds is 13. The molecule has 0 saturated carbocycles. The number of likely N-dealkylation sites (tertiary alicyclic amines) is 1. The Hall–Kier alpha value is -3.41. The third kappa shape index (κ3) is 8.61. The van der Waals surface area contributed by atoms with Crippen molar-refractivity contribution in [2.75, 3.05) is 20.3 Å². The number of methoxy groups -OCH3 is 1. The molecule has 1 unspecified atom stereocenters. The van der Waals surface area contributed by atoms with Gasteiger partial charge in [0, 0.05) is 26.7 Å². The van der Waals surface area contributed by atoms with E-state index >= 15 is 0 Å². The van der Waals surface area contributed by atoms with Gasteiger partial charge in [0.2, 0.25) is 11.8 Å². The van der Waals surface area contributed by atoms with Crippen LogP contribution >= 0.6 is 0 Å². The molecule has 11 heteroatoms. The van der Waals surface area contributed by atoms with E-state index in [1.807, 2.05) is 88.4 Å². The van der Waals surface area contributed by atoms with E-state index in [0.29, 0.717) is 38.8 Å². The summed E-state index contributed by atoms with van der Waals surface area (Å²) < 4.78 is 23.2. The zero-order valence-electron chi connectivity index (χ0n) is 26.5. The topological polar surface area (TPSA) is 115 Å². The summed E-state index contributed by atoms with van der Waals surface area (Å²) in [5, 5.41) is 5.91. The summed E-state index contributed by atoms with van der Waals surface area (Å²) in [5.41, 5.74) is 0.617. The summed E-state index contributed by atoms with van der Waals surface area (Å²) in [6, 6.07) is 17.2. The fraction of sp³-hybridized carbons (Fsp3) is 0.545. The Kier molecular flexibility index (Phi) is 11.5. The lowest BCUT2D eigenvalue weighted by molar-refractivity contribution is -0.140. The van der Waals surface area contributed by atoms with E-state index < -0.39 is 42.4 Å². The van der Waals surface area contributed by atoms with Crippen molar-refractivity contribution in [1.29, 1.82) is 0 Å². The van der Waals surface area contributed by atoms with Crippen molar-refractivity contribution in [3.05, 3.63) is 71.8 Å². The summed E-state index contributed by atoms with van der Waals surface area (Å²) in [6.45, 7) is 8.93. The first-order valence-corrected chi connectivity index (χ1v) is 15.5. The molecule has 3 amide bonds. The number of hydrogen-bond acceptors (Lipinski definition) is 7. The van der Waals surface area contributed by atoms with Gasteiger partial charge in [0.25, 0.3) is 0 Å². The van der Waals surface area contributed by atoms with Crippen molar-refractivity contribution < 1.29 is 33.2 Å². The number of nitrogens with zero attached hydrogens (tertiary/aromatic N) is 1. The first-order chi connectivity index (χ1) is 21.0. The summed E-state index contributed by atoms with van der Waals surface area (Å²) in [4.78, 5) is 42.2. The molecule has 0 aromatic heterocycles. The Morgan fingerprint density at radius 1 is 0.955 bits per heavy atom. The molecule has 3 atom stereocenters. The number of amides is 3. The van der Waals surface area contributed by atoms with Crippen LogP contribution in [0.4, 0.5) is 4.79 Å². The van der Waals surface area contributed by atoms with Gasteiger partial charge in [-0.2, -0.15) is 0 Å². The van der Waals surface area contributed by atoms with Crippen LogP contribution < -0.4 is 10.6 Å². The van der Waals surface area contributed by atoms with E-state index in [4.69, 9.17) is 18.8 Å². The molecule has 2 aromatic carbocycles. The fourth-order valence-electron chi connectivity index (χ4n) is 5.52. The maximum atomic E-state index is 14.0. The maximum absolute atomic E-state index is 14.0. The van der Waals surface area contributed by atoms with E-state index in [-0.39, 0.29) is 24.8 Å². The summed E-state index contributed by atoms with van der Waals surface area (Å²) in [7, 11) is 1.00. The minimum atomic E-state index is -0.908. The molecule has 0 radical (unpaired) electrons. The van der Waals surface area contributed by atoms with Crippen LogP contribution in [0.15, 0.2) is 60.7 Å². The van der Waals surface area contributed by atoms with Crippen molar-refractivity contribution >= 4 is 25.0 Å². The van der Waals surface area contributed by atoms with Gasteiger partial charge < -0.3 is 34.3 Å². The second-order valence-electron chi connectivity index (χ2n) is 12.5. The van der Waals surface area contributed by atoms with Crippen LogP contribution in [0.25, 0.3) is 0 Å². The van der Waals surface area contributed by atoms with Gasteiger partial charge in [-0.25, -0.2) is 4.79 Å². The predicted molar refractivity (Wildman–Crippen MR) is 168 cm³/mol. The molecule has 0 aliphatic carbocycles. The first-order valence-electron chi connectivity index (χ1n) is 15.5. The molecule has 2 aliphatic rings. The van der Waals surface area contributed by atoms with E-state index in [9.17, 15) is 14.4 Å². The van der Waals surface area contributed by atoms with Gasteiger partial charge in [-0.15, -0.1) is 0 Å². The minimum Gasteiger partial charge on any atom is -0.445 e. The first kappa shape index (κ1) is 33.5. The number of nitrogens with one attached hydrogen (secondary N) is 2. The van der Waals surface area contributed by atoms with Gasteiger partial charge in [0.1, 0.15) is 18.7 Å². The standard InChI is InChI=1S/C33H46BN3O7/c1-32(2)33(3,4)44-34(43-32)28(19-13-21-41-5)36-29(38)27-18-12-20-37(27)30(39)26(22-24-14-8-6-9-15-24)35-31(40)42-23-25-16-10-7-11-17-25/h6-11,14-17,26-28H,12-13,18-23H2,1-5H3,(H,35,40)(H,36,38)/t26?,27-,28-/m0/s1. The van der Waals surface area contributed by atoms with Crippen molar-refractivity contribution in [1.82, 2.24) is 15.5 Å². The van der Waals surface area contributed by atoms with E-state index in [1.165, 1.54) is 0 Å². The molecule has 0 spiro atoms. The summed E-state index contributed by atoms with van der Waals surface area (Å²) >= 11 is 0. The molecular formula is C33H46BN3O7. The Morgan fingerprint density at radius 2 is 1.57 bits per heavy atom. The number of benzene rings is 2. The van der Waals surface area contributed by atoms with Crippen LogP contribution in [0.5, 0.6) is 0 Å². The minimum absolute atomic E-state index is 0.0804. The van der Waals surface area contributed by atoms with E-state index in [1.54, 1.807) is 12.0 Å². The molecule has 2 aliphatic heterocycles. The van der Waals surface area contributed by atoms with Crippen LogP contribution in [0.3, 0.4) is 0 Å². The van der Waals surface area contributed by atoms with Crippen LogP contribution in [-0.2, 0) is 41.4 Å². The number of ether oxygens (including phenoxy) is 2. The SMILES string of the molecule is COCCC[C@H](NC(=O)[C@@H]1CCCN1C(=O)C(Cc1ccccc1)NC(=O)OCc1ccccc1)B1OC(C)(C)C(C)(C)O1. The smallest absolute Gasteiger partial charge is 0.445 e. The molecule has 2 heterocycles. The van der Waals surface area contributed by atoms with Crippen molar-refractivity contribution in [2.24, 2.45) is 0 Å². The maximum Gasteiger partial charge on any atom is 0.481 e. The third-order valence-electron chi connectivity index (χ3n) is 8.72. The highest BCUT2D eigenvalue weighted by Crippen LogP contribution is 2.38. The molecule has 0 bridgehead atoms. The lowest BCUT2D eigenvalue weighted by Gasteiger charge is -2.32. The number of carbonyl (C=O) groups excluding carboxylic acids is 3. The van der Waals surface area contributed by atoms with E-state index in [0.717, 1.165) is 11.1 Å². The van der Waals surface area contributed by atoms with Crippen molar-refractivity contribution in [2.45, 2.75) is 95.6 Å². The van der Waals surface area contributed by atoms with Gasteiger partial charge >= 0.3 is 13.2 Å². The second kappa shape index (κ2) is 15.1. The molecular weight excluding hydrogens is 561 g/mol. The van der Waals surface area contributed by atoms with Crippen LogP contribution in [-0.4, -0.2) is 79.4 Å². The molecule has 2 N–H and O–H groups in total. The van der Waals surface area contributed by atoms with Crippen LogP contribution in [0.2, 0.25) is 0 Å². The van der Waals surface area contributed by atoms with Gasteiger partial charge in [0.15, 0.2) is 0 Å². The summed E-state index contributed by atoms with van der Waals surface area (Å²) in [5.74, 6) is -1.02. The normalized spacial score (nSPS) is 20.2. The molecule has 4 rings (SSSR count). The molecule has 44 heavy (non-hydrogen) atoms. The zero-order valence-corrected chi connectivity index (χ0v) is 26.5. The quantitative estimate of drug-likeness (QED) is 0.261.